The van der Waals surface area contributed by atoms with Crippen molar-refractivity contribution in [2.75, 3.05) is 32.4 Å². The Morgan fingerprint density at radius 3 is 2.44 bits per heavy atom. The second-order valence-electron chi connectivity index (χ2n) is 5.89. The monoisotopic (exact) mass is 498 g/mol. The van der Waals surface area contributed by atoms with Crippen molar-refractivity contribution in [3.63, 3.8) is 0 Å². The first kappa shape index (κ1) is 22.5. The van der Waals surface area contributed by atoms with Gasteiger partial charge in [-0.25, -0.2) is 13.1 Å². The van der Waals surface area contributed by atoms with Gasteiger partial charge in [0.1, 0.15) is 0 Å². The minimum absolute atomic E-state index is 0. The summed E-state index contributed by atoms with van der Waals surface area (Å²) in [5.41, 5.74) is 0. The SMILES string of the molecule is CCNC(=NCC1(Sc2ccccc2)CC1)NCCNS(C)(=O)=O.I. The summed E-state index contributed by atoms with van der Waals surface area (Å²) < 4.78 is 24.8. The van der Waals surface area contributed by atoms with Gasteiger partial charge in [-0.15, -0.1) is 35.7 Å². The number of hydrogen-bond acceptors (Lipinski definition) is 4. The van der Waals surface area contributed by atoms with Gasteiger partial charge in [0, 0.05) is 29.3 Å². The zero-order chi connectivity index (χ0) is 17.5. The number of thioether (sulfide) groups is 1. The van der Waals surface area contributed by atoms with Gasteiger partial charge in [0.05, 0.1) is 12.8 Å². The largest absolute Gasteiger partial charge is 0.357 e. The van der Waals surface area contributed by atoms with Crippen molar-refractivity contribution in [2.45, 2.75) is 29.4 Å². The molecule has 142 valence electrons. The van der Waals surface area contributed by atoms with E-state index < -0.39 is 10.0 Å². The number of rotatable bonds is 9. The van der Waals surface area contributed by atoms with Gasteiger partial charge in [-0.05, 0) is 31.9 Å². The molecule has 1 aliphatic carbocycles. The number of aliphatic imine (C=N–C) groups is 1. The molecule has 0 radical (unpaired) electrons. The molecule has 0 saturated heterocycles. The maximum atomic E-state index is 11.1. The number of nitrogens with zero attached hydrogens (tertiary/aromatic N) is 1. The smallest absolute Gasteiger partial charge is 0.208 e. The molecule has 0 spiro atoms. The van der Waals surface area contributed by atoms with Crippen LogP contribution in [0.25, 0.3) is 0 Å². The average molecular weight is 498 g/mol. The van der Waals surface area contributed by atoms with Crippen LogP contribution < -0.4 is 15.4 Å². The van der Waals surface area contributed by atoms with E-state index in [0.717, 1.165) is 25.3 Å². The fourth-order valence-corrected chi connectivity index (χ4v) is 3.85. The van der Waals surface area contributed by atoms with E-state index in [4.69, 9.17) is 0 Å². The summed E-state index contributed by atoms with van der Waals surface area (Å²) in [5.74, 6) is 0.729. The number of guanidine groups is 1. The Balaban J connectivity index is 0.00000312. The second kappa shape index (κ2) is 10.6. The van der Waals surface area contributed by atoms with E-state index in [-0.39, 0.29) is 28.7 Å². The van der Waals surface area contributed by atoms with Crippen molar-refractivity contribution < 1.29 is 8.42 Å². The zero-order valence-electron chi connectivity index (χ0n) is 14.6. The first-order chi connectivity index (χ1) is 11.4. The molecule has 0 unspecified atom stereocenters. The number of sulfonamides is 1. The third-order valence-electron chi connectivity index (χ3n) is 3.54. The Hall–Kier alpha value is -0.520. The Kier molecular flexibility index (Phi) is 9.54. The van der Waals surface area contributed by atoms with E-state index in [9.17, 15) is 8.42 Å². The lowest BCUT2D eigenvalue weighted by Crippen LogP contribution is -2.41. The number of hydrogen-bond donors (Lipinski definition) is 3. The van der Waals surface area contributed by atoms with Crippen LogP contribution in [0.5, 0.6) is 0 Å². The molecule has 0 aliphatic heterocycles. The first-order valence-corrected chi connectivity index (χ1v) is 10.8. The molecule has 9 heteroatoms. The second-order valence-corrected chi connectivity index (χ2v) is 9.26. The molecule has 0 aromatic heterocycles. The van der Waals surface area contributed by atoms with Crippen LogP contribution in [0.15, 0.2) is 40.2 Å². The van der Waals surface area contributed by atoms with Gasteiger partial charge in [0.15, 0.2) is 5.96 Å². The van der Waals surface area contributed by atoms with E-state index in [1.54, 1.807) is 0 Å². The standard InChI is InChI=1S/C16H26N4O2S2.HI/c1-3-17-15(18-11-12-20-24(2,21)22)19-13-16(9-10-16)23-14-7-5-4-6-8-14;/h4-8,20H,3,9-13H2,1-2H3,(H2,17,18,19);1H. The summed E-state index contributed by atoms with van der Waals surface area (Å²) in [5, 5.41) is 6.36. The average Bonchev–Trinajstić information content (AvgIpc) is 3.29. The van der Waals surface area contributed by atoms with Crippen molar-refractivity contribution in [2.24, 2.45) is 4.99 Å². The Morgan fingerprint density at radius 2 is 1.88 bits per heavy atom. The molecule has 1 aromatic rings. The minimum Gasteiger partial charge on any atom is -0.357 e. The van der Waals surface area contributed by atoms with Crippen molar-refractivity contribution in [3.8, 4) is 0 Å². The topological polar surface area (TPSA) is 82.6 Å². The summed E-state index contributed by atoms with van der Waals surface area (Å²) in [6, 6.07) is 10.4. The van der Waals surface area contributed by atoms with Crippen LogP contribution in [0.3, 0.4) is 0 Å². The maximum Gasteiger partial charge on any atom is 0.208 e. The number of halogens is 1. The van der Waals surface area contributed by atoms with Crippen molar-refractivity contribution in [3.05, 3.63) is 30.3 Å². The molecule has 1 fully saturated rings. The fourth-order valence-electron chi connectivity index (χ4n) is 2.15. The minimum atomic E-state index is -3.15. The molecule has 1 saturated carbocycles. The Bertz CT molecular complexity index is 649. The van der Waals surface area contributed by atoms with Crippen LogP contribution in [0.1, 0.15) is 19.8 Å². The molecular weight excluding hydrogens is 471 g/mol. The van der Waals surface area contributed by atoms with Crippen molar-refractivity contribution in [1.29, 1.82) is 0 Å². The molecule has 2 rings (SSSR count). The van der Waals surface area contributed by atoms with Crippen LogP contribution in [0, 0.1) is 0 Å². The molecule has 0 bridgehead atoms. The molecular formula is C16H27IN4O2S2. The summed E-state index contributed by atoms with van der Waals surface area (Å²) in [6.07, 6.45) is 3.50. The van der Waals surface area contributed by atoms with Crippen LogP contribution in [-0.4, -0.2) is 51.6 Å². The van der Waals surface area contributed by atoms with E-state index in [0.29, 0.717) is 13.1 Å². The van der Waals surface area contributed by atoms with Gasteiger partial charge in [-0.1, -0.05) is 18.2 Å². The van der Waals surface area contributed by atoms with Gasteiger partial charge in [-0.2, -0.15) is 0 Å². The predicted molar refractivity (Wildman–Crippen MR) is 117 cm³/mol. The molecule has 0 atom stereocenters. The lowest BCUT2D eigenvalue weighted by atomic mass is 10.4. The Morgan fingerprint density at radius 1 is 1.20 bits per heavy atom. The first-order valence-electron chi connectivity index (χ1n) is 8.13. The van der Waals surface area contributed by atoms with E-state index >= 15 is 0 Å². The molecule has 3 N–H and O–H groups in total. The van der Waals surface area contributed by atoms with Gasteiger partial charge in [0.2, 0.25) is 10.0 Å². The third-order valence-corrected chi connectivity index (χ3v) is 5.74. The van der Waals surface area contributed by atoms with Crippen LogP contribution >= 0.6 is 35.7 Å². The summed E-state index contributed by atoms with van der Waals surface area (Å²) in [7, 11) is -3.15. The zero-order valence-corrected chi connectivity index (χ0v) is 18.6. The summed E-state index contributed by atoms with van der Waals surface area (Å²) in [4.78, 5) is 5.95. The van der Waals surface area contributed by atoms with Crippen LogP contribution in [0.2, 0.25) is 0 Å². The van der Waals surface area contributed by atoms with Crippen molar-refractivity contribution in [1.82, 2.24) is 15.4 Å². The summed E-state index contributed by atoms with van der Waals surface area (Å²) >= 11 is 1.89. The number of benzene rings is 1. The van der Waals surface area contributed by atoms with Gasteiger partial charge < -0.3 is 10.6 Å². The predicted octanol–water partition coefficient (Wildman–Crippen LogP) is 2.03. The van der Waals surface area contributed by atoms with Gasteiger partial charge in [0.25, 0.3) is 0 Å². The highest BCUT2D eigenvalue weighted by molar-refractivity contribution is 14.0. The normalized spacial score (nSPS) is 16.0. The maximum absolute atomic E-state index is 11.1. The van der Waals surface area contributed by atoms with E-state index in [2.05, 4.69) is 44.6 Å². The number of nitrogens with one attached hydrogen (secondary N) is 3. The highest BCUT2D eigenvalue weighted by atomic mass is 127. The lowest BCUT2D eigenvalue weighted by Gasteiger charge is -2.15. The Labute approximate surface area is 172 Å². The van der Waals surface area contributed by atoms with Gasteiger partial charge >= 0.3 is 0 Å². The van der Waals surface area contributed by atoms with Crippen LogP contribution in [-0.2, 0) is 10.0 Å². The van der Waals surface area contributed by atoms with Crippen LogP contribution in [0.4, 0.5) is 0 Å². The molecule has 1 aliphatic rings. The van der Waals surface area contributed by atoms with E-state index in [1.165, 1.54) is 17.7 Å². The molecule has 0 amide bonds. The summed E-state index contributed by atoms with van der Waals surface area (Å²) in [6.45, 7) is 4.37. The lowest BCUT2D eigenvalue weighted by molar-refractivity contribution is 0.586. The molecule has 25 heavy (non-hydrogen) atoms. The van der Waals surface area contributed by atoms with E-state index in [1.807, 2.05) is 24.8 Å². The van der Waals surface area contributed by atoms with Gasteiger partial charge in [-0.3, -0.25) is 4.99 Å². The molecule has 0 heterocycles. The fraction of sp³-hybridized carbons (Fsp3) is 0.562. The highest BCUT2D eigenvalue weighted by Gasteiger charge is 2.43. The molecule has 6 nitrogen and oxygen atoms in total. The quantitative estimate of drug-likeness (QED) is 0.210. The third kappa shape index (κ3) is 9.11. The van der Waals surface area contributed by atoms with Crippen molar-refractivity contribution >= 4 is 51.7 Å². The molecule has 1 aromatic carbocycles. The highest BCUT2D eigenvalue weighted by Crippen LogP contribution is 2.51.